The van der Waals surface area contributed by atoms with Crippen molar-refractivity contribution in [1.29, 1.82) is 0 Å². The van der Waals surface area contributed by atoms with Crippen LogP contribution in [-0.4, -0.2) is 29.5 Å². The van der Waals surface area contributed by atoms with Crippen molar-refractivity contribution >= 4 is 11.6 Å². The van der Waals surface area contributed by atoms with Gasteiger partial charge in [-0.15, -0.1) is 0 Å². The molecule has 0 spiro atoms. The van der Waals surface area contributed by atoms with Crippen LogP contribution in [0.1, 0.15) is 78.2 Å². The third-order valence-corrected chi connectivity index (χ3v) is 7.14. The molecule has 32 heavy (non-hydrogen) atoms. The molecular formula is C26H36N4O2. The fraction of sp³-hybridized carbons (Fsp3) is 0.538. The second kappa shape index (κ2) is 9.90. The first kappa shape index (κ1) is 22.6. The van der Waals surface area contributed by atoms with Gasteiger partial charge in [0.15, 0.2) is 0 Å². The SMILES string of the molecule is CCN(c1cccc2c1CCCCc1cc(C)[nH]c(=O)c1CNC2=O)C1CCC(N)CC1. The van der Waals surface area contributed by atoms with Crippen LogP contribution in [0, 0.1) is 6.92 Å². The Kier molecular flexibility index (Phi) is 6.99. The Hall–Kier alpha value is -2.60. The van der Waals surface area contributed by atoms with Crippen LogP contribution in [0.2, 0.25) is 0 Å². The monoisotopic (exact) mass is 436 g/mol. The molecule has 1 aromatic carbocycles. The number of pyridine rings is 1. The van der Waals surface area contributed by atoms with Crippen molar-refractivity contribution in [2.24, 2.45) is 5.73 Å². The van der Waals surface area contributed by atoms with Crippen molar-refractivity contribution in [3.05, 3.63) is 62.6 Å². The Morgan fingerprint density at radius 1 is 1.06 bits per heavy atom. The number of hydrogen-bond donors (Lipinski definition) is 3. The average Bonchev–Trinajstić information content (AvgIpc) is 2.80. The molecule has 0 radical (unpaired) electrons. The van der Waals surface area contributed by atoms with E-state index in [2.05, 4.69) is 28.2 Å². The minimum atomic E-state index is -0.101. The van der Waals surface area contributed by atoms with Crippen LogP contribution in [0.25, 0.3) is 0 Å². The normalized spacial score (nSPS) is 21.7. The molecule has 0 atom stereocenters. The van der Waals surface area contributed by atoms with Crippen LogP contribution in [-0.2, 0) is 19.4 Å². The first-order valence-corrected chi connectivity index (χ1v) is 12.1. The number of aromatic amines is 1. The molecule has 2 heterocycles. The van der Waals surface area contributed by atoms with Crippen molar-refractivity contribution in [2.75, 3.05) is 11.4 Å². The topological polar surface area (TPSA) is 91.2 Å². The number of carbonyl (C=O) groups excluding carboxylic acids is 1. The summed E-state index contributed by atoms with van der Waals surface area (Å²) in [6.45, 7) is 5.28. The zero-order chi connectivity index (χ0) is 22.7. The van der Waals surface area contributed by atoms with Crippen LogP contribution in [0.4, 0.5) is 5.69 Å². The van der Waals surface area contributed by atoms with Crippen LogP contribution in [0.5, 0.6) is 0 Å². The molecule has 6 heteroatoms. The van der Waals surface area contributed by atoms with Crippen molar-refractivity contribution in [3.8, 4) is 0 Å². The Balaban J connectivity index is 1.66. The fourth-order valence-corrected chi connectivity index (χ4v) is 5.44. The maximum atomic E-state index is 13.2. The predicted octanol–water partition coefficient (Wildman–Crippen LogP) is 3.59. The second-order valence-corrected chi connectivity index (χ2v) is 9.33. The largest absolute Gasteiger partial charge is 0.369 e. The van der Waals surface area contributed by atoms with E-state index in [-0.39, 0.29) is 18.0 Å². The number of anilines is 1. The summed E-state index contributed by atoms with van der Waals surface area (Å²) >= 11 is 0. The van der Waals surface area contributed by atoms with Gasteiger partial charge in [0.05, 0.1) is 0 Å². The molecule has 1 aliphatic carbocycles. The predicted molar refractivity (Wildman–Crippen MR) is 129 cm³/mol. The standard InChI is InChI=1S/C26H36N4O2/c1-3-30(20-13-11-19(27)12-14-20)24-10-6-9-22-21(24)8-5-4-7-18-15-17(2)29-26(32)23(18)16-28-25(22)31/h6,9-10,15,19-20H,3-5,7-8,11-14,16,27H2,1-2H3,(H,28,31)(H,29,32). The number of aryl methyl sites for hydroxylation is 2. The number of carbonyl (C=O) groups is 1. The summed E-state index contributed by atoms with van der Waals surface area (Å²) in [5.41, 5.74) is 11.7. The van der Waals surface area contributed by atoms with Crippen molar-refractivity contribution < 1.29 is 4.79 Å². The lowest BCUT2D eigenvalue weighted by Crippen LogP contribution is -2.41. The van der Waals surface area contributed by atoms with E-state index in [1.165, 1.54) is 5.69 Å². The van der Waals surface area contributed by atoms with Gasteiger partial charge in [0.2, 0.25) is 0 Å². The molecule has 0 saturated heterocycles. The molecule has 2 aromatic rings. The van der Waals surface area contributed by atoms with Gasteiger partial charge in [0, 0.05) is 47.7 Å². The van der Waals surface area contributed by atoms with Gasteiger partial charge in [0.25, 0.3) is 11.5 Å². The molecule has 1 aliphatic heterocycles. The molecule has 172 valence electrons. The van der Waals surface area contributed by atoms with Crippen LogP contribution in [0.3, 0.4) is 0 Å². The highest BCUT2D eigenvalue weighted by Crippen LogP contribution is 2.32. The van der Waals surface area contributed by atoms with E-state index >= 15 is 0 Å². The number of rotatable bonds is 3. The van der Waals surface area contributed by atoms with E-state index in [0.29, 0.717) is 17.6 Å². The Morgan fingerprint density at radius 2 is 1.81 bits per heavy atom. The van der Waals surface area contributed by atoms with Gasteiger partial charge in [0.1, 0.15) is 0 Å². The van der Waals surface area contributed by atoms with Gasteiger partial charge < -0.3 is 20.9 Å². The third-order valence-electron chi connectivity index (χ3n) is 7.14. The maximum Gasteiger partial charge on any atom is 0.253 e. The lowest BCUT2D eigenvalue weighted by molar-refractivity contribution is 0.0950. The molecule has 1 aromatic heterocycles. The van der Waals surface area contributed by atoms with Crippen molar-refractivity contribution in [1.82, 2.24) is 10.3 Å². The van der Waals surface area contributed by atoms with E-state index in [1.54, 1.807) is 0 Å². The highest BCUT2D eigenvalue weighted by atomic mass is 16.1. The number of nitrogens with zero attached hydrogens (tertiary/aromatic N) is 1. The molecule has 0 unspecified atom stereocenters. The summed E-state index contributed by atoms with van der Waals surface area (Å²) in [4.78, 5) is 31.2. The van der Waals surface area contributed by atoms with Gasteiger partial charge >= 0.3 is 0 Å². The van der Waals surface area contributed by atoms with Crippen LogP contribution in [0.15, 0.2) is 29.1 Å². The van der Waals surface area contributed by atoms with E-state index < -0.39 is 0 Å². The number of nitrogens with two attached hydrogens (primary N) is 1. The van der Waals surface area contributed by atoms with Crippen molar-refractivity contribution in [3.63, 3.8) is 0 Å². The Bertz CT molecular complexity index is 1020. The number of H-pyrrole nitrogens is 1. The summed E-state index contributed by atoms with van der Waals surface area (Å²) in [5, 5.41) is 3.03. The van der Waals surface area contributed by atoms with Gasteiger partial charge in [-0.25, -0.2) is 0 Å². The van der Waals surface area contributed by atoms with E-state index in [0.717, 1.165) is 80.3 Å². The summed E-state index contributed by atoms with van der Waals surface area (Å²) in [5.74, 6) is -0.101. The molecule has 4 rings (SSSR count). The highest BCUT2D eigenvalue weighted by Gasteiger charge is 2.27. The van der Waals surface area contributed by atoms with Crippen LogP contribution < -0.4 is 21.5 Å². The number of amides is 1. The highest BCUT2D eigenvalue weighted by molar-refractivity contribution is 5.97. The van der Waals surface area contributed by atoms with Gasteiger partial charge in [-0.2, -0.15) is 0 Å². The summed E-state index contributed by atoms with van der Waals surface area (Å²) in [6.07, 6.45) is 8.00. The maximum absolute atomic E-state index is 13.2. The minimum Gasteiger partial charge on any atom is -0.369 e. The molecule has 1 fully saturated rings. The fourth-order valence-electron chi connectivity index (χ4n) is 5.44. The Morgan fingerprint density at radius 3 is 2.56 bits per heavy atom. The number of fused-ring (bicyclic) bond motifs is 2. The van der Waals surface area contributed by atoms with E-state index in [1.807, 2.05) is 25.1 Å². The molecule has 4 N–H and O–H groups in total. The van der Waals surface area contributed by atoms with Gasteiger partial charge in [-0.3, -0.25) is 9.59 Å². The molecule has 6 nitrogen and oxygen atoms in total. The first-order chi connectivity index (χ1) is 15.5. The van der Waals surface area contributed by atoms with Gasteiger partial charge in [-0.1, -0.05) is 6.07 Å². The summed E-state index contributed by atoms with van der Waals surface area (Å²) in [7, 11) is 0. The molecule has 1 saturated carbocycles. The summed E-state index contributed by atoms with van der Waals surface area (Å²) in [6, 6.07) is 8.93. The molecule has 1 amide bonds. The number of nitrogens with one attached hydrogen (secondary N) is 2. The molecule has 0 bridgehead atoms. The van der Waals surface area contributed by atoms with E-state index in [4.69, 9.17) is 5.73 Å². The molecule has 2 aliphatic rings. The third kappa shape index (κ3) is 4.75. The lowest BCUT2D eigenvalue weighted by atomic mass is 9.89. The smallest absolute Gasteiger partial charge is 0.253 e. The zero-order valence-electron chi connectivity index (χ0n) is 19.4. The zero-order valence-corrected chi connectivity index (χ0v) is 19.4. The average molecular weight is 437 g/mol. The first-order valence-electron chi connectivity index (χ1n) is 12.1. The number of hydrogen-bond acceptors (Lipinski definition) is 4. The van der Waals surface area contributed by atoms with Crippen molar-refractivity contribution in [2.45, 2.75) is 83.8 Å². The summed E-state index contributed by atoms with van der Waals surface area (Å²) < 4.78 is 0. The minimum absolute atomic E-state index is 0.0961. The lowest BCUT2D eigenvalue weighted by Gasteiger charge is -2.38. The molecular weight excluding hydrogens is 400 g/mol. The second-order valence-electron chi connectivity index (χ2n) is 9.33. The number of aromatic nitrogens is 1. The van der Waals surface area contributed by atoms with Gasteiger partial charge in [-0.05, 0) is 94.5 Å². The van der Waals surface area contributed by atoms with E-state index in [9.17, 15) is 9.59 Å². The Labute approximate surface area is 190 Å². The quantitative estimate of drug-likeness (QED) is 0.686. The number of benzene rings is 1. The van der Waals surface area contributed by atoms with Crippen LogP contribution >= 0.6 is 0 Å².